The lowest BCUT2D eigenvalue weighted by molar-refractivity contribution is -0.143. The van der Waals surface area contributed by atoms with Crippen molar-refractivity contribution in [3.63, 3.8) is 0 Å². The third-order valence-electron chi connectivity index (χ3n) is 3.87. The molecule has 1 aliphatic carbocycles. The van der Waals surface area contributed by atoms with E-state index in [-0.39, 0.29) is 0 Å². The fourth-order valence-electron chi connectivity index (χ4n) is 2.79. The van der Waals surface area contributed by atoms with Crippen LogP contribution in [0.4, 0.5) is 0 Å². The average molecular weight is 210 g/mol. The number of carbonyl (C=O) groups excluding carboxylic acids is 1. The number of likely N-dealkylation sites (tertiary alicyclic amines) is 1. The summed E-state index contributed by atoms with van der Waals surface area (Å²) in [6, 6.07) is 0.515. The predicted octanol–water partition coefficient (Wildman–Crippen LogP) is 1.52. The molecule has 3 heteroatoms. The molecule has 2 N–H and O–H groups in total. The van der Waals surface area contributed by atoms with Gasteiger partial charge >= 0.3 is 0 Å². The van der Waals surface area contributed by atoms with Gasteiger partial charge in [-0.2, -0.15) is 0 Å². The van der Waals surface area contributed by atoms with Crippen molar-refractivity contribution < 1.29 is 4.79 Å². The van der Waals surface area contributed by atoms with E-state index in [1.54, 1.807) is 0 Å². The summed E-state index contributed by atoms with van der Waals surface area (Å²) in [5.41, 5.74) is 5.50. The molecule has 0 bridgehead atoms. The van der Waals surface area contributed by atoms with Crippen molar-refractivity contribution in [2.45, 2.75) is 51.0 Å². The summed E-state index contributed by atoms with van der Waals surface area (Å²) in [7, 11) is 0. The van der Waals surface area contributed by atoms with E-state index in [0.29, 0.717) is 17.9 Å². The quantitative estimate of drug-likeness (QED) is 0.764. The van der Waals surface area contributed by atoms with Crippen molar-refractivity contribution in [1.29, 1.82) is 0 Å². The molecule has 1 atom stereocenters. The molecule has 1 unspecified atom stereocenters. The zero-order valence-electron chi connectivity index (χ0n) is 9.45. The van der Waals surface area contributed by atoms with Crippen LogP contribution in [0.2, 0.25) is 0 Å². The van der Waals surface area contributed by atoms with Crippen molar-refractivity contribution in [3.05, 3.63) is 0 Å². The Labute approximate surface area is 92.0 Å². The zero-order chi connectivity index (χ0) is 10.7. The normalized spacial score (nSPS) is 26.7. The topological polar surface area (TPSA) is 46.3 Å². The fraction of sp³-hybridized carbons (Fsp3) is 0.917. The van der Waals surface area contributed by atoms with Crippen molar-refractivity contribution in [1.82, 2.24) is 4.90 Å². The molecule has 1 heterocycles. The van der Waals surface area contributed by atoms with E-state index >= 15 is 0 Å². The van der Waals surface area contributed by atoms with E-state index < -0.39 is 0 Å². The first-order chi connectivity index (χ1) is 7.33. The second-order valence-electron chi connectivity index (χ2n) is 4.89. The Hall–Kier alpha value is -0.570. The molecule has 0 aromatic carbocycles. The van der Waals surface area contributed by atoms with Gasteiger partial charge in [0.1, 0.15) is 0 Å². The first-order valence-electron chi connectivity index (χ1n) is 6.33. The molecule has 1 aliphatic heterocycles. The van der Waals surface area contributed by atoms with Crippen LogP contribution >= 0.6 is 0 Å². The summed E-state index contributed by atoms with van der Waals surface area (Å²) in [4.78, 5) is 14.2. The average Bonchev–Trinajstić information content (AvgIpc) is 2.69. The number of hydrogen-bond acceptors (Lipinski definition) is 2. The molecule has 1 saturated carbocycles. The van der Waals surface area contributed by atoms with Crippen LogP contribution in [-0.2, 0) is 4.79 Å². The van der Waals surface area contributed by atoms with Gasteiger partial charge in [0, 0.05) is 18.5 Å². The molecule has 2 rings (SSSR count). The first-order valence-corrected chi connectivity index (χ1v) is 6.33. The maximum Gasteiger partial charge on any atom is 0.225 e. The lowest BCUT2D eigenvalue weighted by Crippen LogP contribution is -2.52. The second-order valence-corrected chi connectivity index (χ2v) is 4.89. The lowest BCUT2D eigenvalue weighted by atomic mass is 9.94. The smallest absolute Gasteiger partial charge is 0.225 e. The van der Waals surface area contributed by atoms with Gasteiger partial charge in [0.25, 0.3) is 0 Å². The number of carbonyl (C=O) groups is 1. The Kier molecular flexibility index (Phi) is 3.62. The highest BCUT2D eigenvalue weighted by Gasteiger charge is 2.36. The van der Waals surface area contributed by atoms with Gasteiger partial charge in [0.05, 0.1) is 0 Å². The Morgan fingerprint density at radius 3 is 2.53 bits per heavy atom. The van der Waals surface area contributed by atoms with Crippen LogP contribution in [0.3, 0.4) is 0 Å². The fourth-order valence-corrected chi connectivity index (χ4v) is 2.79. The standard InChI is InChI=1S/C12H22N2O/c13-8-3-6-11-7-9-14(11)12(15)10-4-1-2-5-10/h10-11H,1-9,13H2. The zero-order valence-corrected chi connectivity index (χ0v) is 9.45. The Morgan fingerprint density at radius 1 is 1.27 bits per heavy atom. The van der Waals surface area contributed by atoms with E-state index in [9.17, 15) is 4.79 Å². The van der Waals surface area contributed by atoms with Crippen LogP contribution < -0.4 is 5.73 Å². The molecule has 15 heavy (non-hydrogen) atoms. The van der Waals surface area contributed by atoms with Gasteiger partial charge < -0.3 is 10.6 Å². The van der Waals surface area contributed by atoms with Gasteiger partial charge in [-0.15, -0.1) is 0 Å². The highest BCUT2D eigenvalue weighted by atomic mass is 16.2. The summed E-state index contributed by atoms with van der Waals surface area (Å²) in [5, 5.41) is 0. The Morgan fingerprint density at radius 2 is 2.00 bits per heavy atom. The maximum absolute atomic E-state index is 12.1. The number of hydrogen-bond donors (Lipinski definition) is 1. The number of rotatable bonds is 4. The number of nitrogens with zero attached hydrogens (tertiary/aromatic N) is 1. The molecule has 0 aromatic rings. The van der Waals surface area contributed by atoms with Crippen molar-refractivity contribution in [2.75, 3.05) is 13.1 Å². The molecule has 0 aromatic heterocycles. The predicted molar refractivity (Wildman–Crippen MR) is 60.4 cm³/mol. The van der Waals surface area contributed by atoms with Gasteiger partial charge in [-0.25, -0.2) is 0 Å². The minimum absolute atomic E-state index is 0.352. The molecule has 1 saturated heterocycles. The van der Waals surface area contributed by atoms with Gasteiger partial charge in [0.15, 0.2) is 0 Å². The van der Waals surface area contributed by atoms with E-state index in [0.717, 1.165) is 38.8 Å². The van der Waals surface area contributed by atoms with E-state index in [2.05, 4.69) is 4.90 Å². The number of nitrogens with two attached hydrogens (primary N) is 1. The molecule has 1 amide bonds. The molecule has 0 spiro atoms. The largest absolute Gasteiger partial charge is 0.339 e. The summed E-state index contributed by atoms with van der Waals surface area (Å²) >= 11 is 0. The van der Waals surface area contributed by atoms with E-state index in [1.807, 2.05) is 0 Å². The van der Waals surface area contributed by atoms with Crippen LogP contribution in [0.1, 0.15) is 44.9 Å². The lowest BCUT2D eigenvalue weighted by Gasteiger charge is -2.42. The van der Waals surface area contributed by atoms with Crippen LogP contribution in [-0.4, -0.2) is 29.9 Å². The molecule has 2 fully saturated rings. The monoisotopic (exact) mass is 210 g/mol. The number of amides is 1. The van der Waals surface area contributed by atoms with Crippen molar-refractivity contribution >= 4 is 5.91 Å². The van der Waals surface area contributed by atoms with Crippen LogP contribution in [0.15, 0.2) is 0 Å². The highest BCUT2D eigenvalue weighted by molar-refractivity contribution is 5.80. The van der Waals surface area contributed by atoms with Gasteiger partial charge in [-0.05, 0) is 38.6 Å². The van der Waals surface area contributed by atoms with Crippen molar-refractivity contribution in [2.24, 2.45) is 11.7 Å². The Balaban J connectivity index is 1.79. The third-order valence-corrected chi connectivity index (χ3v) is 3.87. The summed E-state index contributed by atoms with van der Waals surface area (Å²) < 4.78 is 0. The summed E-state index contributed by atoms with van der Waals surface area (Å²) in [6.07, 6.45) is 8.10. The van der Waals surface area contributed by atoms with E-state index in [4.69, 9.17) is 5.73 Å². The van der Waals surface area contributed by atoms with E-state index in [1.165, 1.54) is 19.3 Å². The van der Waals surface area contributed by atoms with Gasteiger partial charge in [0.2, 0.25) is 5.91 Å². The first kappa shape index (κ1) is 10.9. The Bertz CT molecular complexity index is 224. The molecular weight excluding hydrogens is 188 g/mol. The molecule has 2 aliphatic rings. The summed E-state index contributed by atoms with van der Waals surface area (Å²) in [6.45, 7) is 1.74. The molecule has 86 valence electrons. The molecule has 3 nitrogen and oxygen atoms in total. The molecule has 0 radical (unpaired) electrons. The minimum Gasteiger partial charge on any atom is -0.339 e. The molecular formula is C12H22N2O. The maximum atomic E-state index is 12.1. The van der Waals surface area contributed by atoms with Gasteiger partial charge in [-0.3, -0.25) is 4.79 Å². The highest BCUT2D eigenvalue weighted by Crippen LogP contribution is 2.31. The van der Waals surface area contributed by atoms with Crippen LogP contribution in [0.5, 0.6) is 0 Å². The second kappa shape index (κ2) is 4.97. The van der Waals surface area contributed by atoms with Crippen LogP contribution in [0, 0.1) is 5.92 Å². The summed E-state index contributed by atoms with van der Waals surface area (Å²) in [5.74, 6) is 0.784. The SMILES string of the molecule is NCCCC1CCN1C(=O)C1CCCC1. The third kappa shape index (κ3) is 2.33. The minimum atomic E-state index is 0.352. The van der Waals surface area contributed by atoms with Gasteiger partial charge in [-0.1, -0.05) is 12.8 Å². The van der Waals surface area contributed by atoms with Crippen LogP contribution in [0.25, 0.3) is 0 Å². The van der Waals surface area contributed by atoms with Crippen molar-refractivity contribution in [3.8, 4) is 0 Å².